The van der Waals surface area contributed by atoms with Crippen LogP contribution in [0, 0.1) is 0 Å². The summed E-state index contributed by atoms with van der Waals surface area (Å²) in [7, 11) is -5.42. The molecular formula is C12H14F3NO4S. The maximum atomic E-state index is 12.5. The molecule has 0 amide bonds. The molecule has 0 fully saturated rings. The van der Waals surface area contributed by atoms with E-state index in [4.69, 9.17) is 5.11 Å². The fourth-order valence-electron chi connectivity index (χ4n) is 1.60. The van der Waals surface area contributed by atoms with Crippen LogP contribution in [0.2, 0.25) is 0 Å². The van der Waals surface area contributed by atoms with Crippen LogP contribution in [0.15, 0.2) is 29.2 Å². The minimum atomic E-state index is -5.42. The molecule has 9 heteroatoms. The molecule has 0 aliphatic carbocycles. The molecule has 0 saturated heterocycles. The quantitative estimate of drug-likeness (QED) is 0.753. The van der Waals surface area contributed by atoms with Crippen molar-refractivity contribution in [3.8, 4) is 0 Å². The highest BCUT2D eigenvalue weighted by Gasteiger charge is 2.47. The Hall–Kier alpha value is -1.77. The highest BCUT2D eigenvalue weighted by molar-refractivity contribution is 7.92. The van der Waals surface area contributed by atoms with E-state index in [2.05, 4.69) is 5.32 Å². The van der Waals surface area contributed by atoms with Crippen LogP contribution in [-0.2, 0) is 14.6 Å². The Morgan fingerprint density at radius 2 is 1.81 bits per heavy atom. The van der Waals surface area contributed by atoms with Gasteiger partial charge in [0.05, 0.1) is 10.6 Å². The maximum absolute atomic E-state index is 12.5. The van der Waals surface area contributed by atoms with Crippen molar-refractivity contribution in [2.75, 3.05) is 11.9 Å². The molecule has 0 saturated carbocycles. The molecule has 1 aromatic carbocycles. The fourth-order valence-corrected chi connectivity index (χ4v) is 2.53. The maximum Gasteiger partial charge on any atom is 0.501 e. The van der Waals surface area contributed by atoms with Crippen LogP contribution in [0.4, 0.5) is 18.9 Å². The summed E-state index contributed by atoms with van der Waals surface area (Å²) < 4.78 is 60.5. The summed E-state index contributed by atoms with van der Waals surface area (Å²) in [6, 6.07) is 4.72. The van der Waals surface area contributed by atoms with Crippen LogP contribution in [0.25, 0.3) is 0 Å². The van der Waals surface area contributed by atoms with Crippen molar-refractivity contribution in [2.45, 2.75) is 29.7 Å². The number of carboxylic acids is 1. The van der Waals surface area contributed by atoms with Crippen molar-refractivity contribution in [2.24, 2.45) is 0 Å². The van der Waals surface area contributed by atoms with Gasteiger partial charge in [-0.25, -0.2) is 8.42 Å². The number of nitrogens with one attached hydrogen (secondary N) is 1. The third-order valence-electron chi connectivity index (χ3n) is 2.61. The second kappa shape index (κ2) is 6.79. The summed E-state index contributed by atoms with van der Waals surface area (Å²) in [5.74, 6) is -0.963. The van der Waals surface area contributed by atoms with Gasteiger partial charge in [0, 0.05) is 13.0 Å². The van der Waals surface area contributed by atoms with E-state index in [1.54, 1.807) is 0 Å². The van der Waals surface area contributed by atoms with Crippen LogP contribution in [0.1, 0.15) is 19.3 Å². The lowest BCUT2D eigenvalue weighted by Gasteiger charge is -2.13. The summed E-state index contributed by atoms with van der Waals surface area (Å²) in [6.45, 7) is 0.178. The van der Waals surface area contributed by atoms with Crippen molar-refractivity contribution in [3.63, 3.8) is 0 Å². The summed E-state index contributed by atoms with van der Waals surface area (Å²) in [5.41, 5.74) is -5.51. The van der Waals surface area contributed by atoms with Gasteiger partial charge in [-0.1, -0.05) is 12.1 Å². The lowest BCUT2D eigenvalue weighted by atomic mass is 10.2. The SMILES string of the molecule is O=C(O)CCCCNc1ccccc1S(=O)(=O)C(F)(F)F. The molecule has 2 N–H and O–H groups in total. The smallest absolute Gasteiger partial charge is 0.481 e. The number of anilines is 1. The number of hydrogen-bond acceptors (Lipinski definition) is 4. The number of aliphatic carboxylic acids is 1. The molecule has 0 bridgehead atoms. The van der Waals surface area contributed by atoms with Gasteiger partial charge < -0.3 is 10.4 Å². The second-order valence-corrected chi connectivity index (χ2v) is 6.13. The first-order valence-electron chi connectivity index (χ1n) is 6.02. The van der Waals surface area contributed by atoms with E-state index >= 15 is 0 Å². The third kappa shape index (κ3) is 4.62. The molecule has 0 aromatic heterocycles. The number of carbonyl (C=O) groups is 1. The van der Waals surface area contributed by atoms with Crippen molar-refractivity contribution in [1.29, 1.82) is 0 Å². The van der Waals surface area contributed by atoms with Gasteiger partial charge >= 0.3 is 11.5 Å². The van der Waals surface area contributed by atoms with Gasteiger partial charge in [-0.2, -0.15) is 13.2 Å². The van der Waals surface area contributed by atoms with Gasteiger partial charge in [0.1, 0.15) is 0 Å². The number of halogens is 3. The molecule has 118 valence electrons. The van der Waals surface area contributed by atoms with Crippen LogP contribution < -0.4 is 5.32 Å². The van der Waals surface area contributed by atoms with E-state index in [1.165, 1.54) is 18.2 Å². The molecule has 0 unspecified atom stereocenters. The summed E-state index contributed by atoms with van der Waals surface area (Å²) in [5, 5.41) is 11.0. The van der Waals surface area contributed by atoms with Crippen LogP contribution in [0.3, 0.4) is 0 Å². The Bertz CT molecular complexity index is 599. The lowest BCUT2D eigenvalue weighted by Crippen LogP contribution is -2.24. The molecule has 1 aromatic rings. The minimum Gasteiger partial charge on any atom is -0.481 e. The minimum absolute atomic E-state index is 0.0514. The van der Waals surface area contributed by atoms with Gasteiger partial charge in [-0.3, -0.25) is 4.79 Å². The largest absolute Gasteiger partial charge is 0.501 e. The summed E-state index contributed by atoms with van der Waals surface area (Å²) in [4.78, 5) is 9.47. The Morgan fingerprint density at radius 3 is 2.38 bits per heavy atom. The number of alkyl halides is 3. The third-order valence-corrected chi connectivity index (χ3v) is 4.16. The molecule has 0 aliphatic rings. The van der Waals surface area contributed by atoms with Crippen LogP contribution in [-0.4, -0.2) is 31.5 Å². The Morgan fingerprint density at radius 1 is 1.19 bits per heavy atom. The first kappa shape index (κ1) is 17.3. The van der Waals surface area contributed by atoms with Gasteiger partial charge in [0.2, 0.25) is 0 Å². The fraction of sp³-hybridized carbons (Fsp3) is 0.417. The first-order chi connectivity index (χ1) is 9.66. The molecule has 0 radical (unpaired) electrons. The average Bonchev–Trinajstić information content (AvgIpc) is 2.37. The Labute approximate surface area is 119 Å². The van der Waals surface area contributed by atoms with Gasteiger partial charge in [0.15, 0.2) is 0 Å². The van der Waals surface area contributed by atoms with E-state index in [1.807, 2.05) is 0 Å². The molecule has 0 aliphatic heterocycles. The zero-order valence-corrected chi connectivity index (χ0v) is 11.7. The molecule has 0 heterocycles. The summed E-state index contributed by atoms with van der Waals surface area (Å²) in [6.07, 6.45) is 0.688. The zero-order chi connectivity index (χ0) is 16.1. The van der Waals surface area contributed by atoms with Crippen molar-refractivity contribution in [3.05, 3.63) is 24.3 Å². The van der Waals surface area contributed by atoms with Crippen molar-refractivity contribution in [1.82, 2.24) is 0 Å². The predicted molar refractivity (Wildman–Crippen MR) is 69.7 cm³/mol. The lowest BCUT2D eigenvalue weighted by molar-refractivity contribution is -0.137. The molecule has 21 heavy (non-hydrogen) atoms. The predicted octanol–water partition coefficient (Wildman–Crippen LogP) is 2.65. The van der Waals surface area contributed by atoms with Crippen molar-refractivity contribution < 1.29 is 31.5 Å². The van der Waals surface area contributed by atoms with Crippen LogP contribution in [0.5, 0.6) is 0 Å². The number of para-hydroxylation sites is 1. The van der Waals surface area contributed by atoms with Gasteiger partial charge in [0.25, 0.3) is 9.84 Å². The zero-order valence-electron chi connectivity index (χ0n) is 10.9. The molecule has 0 atom stereocenters. The molecular weight excluding hydrogens is 311 g/mol. The van der Waals surface area contributed by atoms with Crippen molar-refractivity contribution >= 4 is 21.5 Å². The Kier molecular flexibility index (Phi) is 5.59. The standard InChI is InChI=1S/C12H14F3NO4S/c13-12(14,15)21(19,20)10-6-2-1-5-9(10)16-8-4-3-7-11(17)18/h1-2,5-6,16H,3-4,7-8H2,(H,17,18). The van der Waals surface area contributed by atoms with Crippen LogP contribution >= 0.6 is 0 Å². The van der Waals surface area contributed by atoms with E-state index in [9.17, 15) is 26.4 Å². The molecule has 5 nitrogen and oxygen atoms in total. The normalized spacial score (nSPS) is 12.1. The number of hydrogen-bond donors (Lipinski definition) is 2. The van der Waals surface area contributed by atoms with Gasteiger partial charge in [-0.05, 0) is 25.0 Å². The van der Waals surface area contributed by atoms with E-state index in [0.29, 0.717) is 12.8 Å². The summed E-state index contributed by atoms with van der Waals surface area (Å²) >= 11 is 0. The highest BCUT2D eigenvalue weighted by atomic mass is 32.2. The first-order valence-corrected chi connectivity index (χ1v) is 7.50. The highest BCUT2D eigenvalue weighted by Crippen LogP contribution is 2.34. The number of unbranched alkanes of at least 4 members (excludes halogenated alkanes) is 1. The molecule has 1 rings (SSSR count). The average molecular weight is 325 g/mol. The molecule has 0 spiro atoms. The number of benzene rings is 1. The number of rotatable bonds is 7. The second-order valence-electron chi connectivity index (χ2n) is 4.22. The number of sulfone groups is 1. The van der Waals surface area contributed by atoms with Gasteiger partial charge in [-0.15, -0.1) is 0 Å². The number of carboxylic acid groups (broad SMARTS) is 1. The Balaban J connectivity index is 2.79. The van der Waals surface area contributed by atoms with E-state index in [0.717, 1.165) is 6.07 Å². The van der Waals surface area contributed by atoms with E-state index < -0.39 is 26.2 Å². The monoisotopic (exact) mass is 325 g/mol. The topological polar surface area (TPSA) is 83.5 Å². The van der Waals surface area contributed by atoms with E-state index in [-0.39, 0.29) is 18.7 Å².